The summed E-state index contributed by atoms with van der Waals surface area (Å²) < 4.78 is 11.1. The highest BCUT2D eigenvalue weighted by atomic mass is 16.5. The number of amides is 1. The lowest BCUT2D eigenvalue weighted by Crippen LogP contribution is -2.43. The van der Waals surface area contributed by atoms with Crippen LogP contribution in [0.1, 0.15) is 29.0 Å². The van der Waals surface area contributed by atoms with Crippen molar-refractivity contribution in [2.45, 2.75) is 24.5 Å². The number of methoxy groups -OCH3 is 1. The molecule has 0 radical (unpaired) electrons. The Kier molecular flexibility index (Phi) is 7.89. The second-order valence-corrected chi connectivity index (χ2v) is 8.29. The molecular weight excluding hydrogens is 426 g/mol. The molecular formula is C29H29NO4. The number of carbonyl (C=O) groups is 2. The third-order valence-electron chi connectivity index (χ3n) is 6.07. The Morgan fingerprint density at radius 2 is 1.47 bits per heavy atom. The molecule has 1 aliphatic rings. The van der Waals surface area contributed by atoms with Crippen LogP contribution in [0, 0.1) is 0 Å². The van der Waals surface area contributed by atoms with Crippen molar-refractivity contribution in [1.82, 2.24) is 4.90 Å². The van der Waals surface area contributed by atoms with Gasteiger partial charge in [-0.1, -0.05) is 103 Å². The molecule has 3 aromatic carbocycles. The first-order valence-corrected chi connectivity index (χ1v) is 11.5. The Morgan fingerprint density at radius 3 is 2.03 bits per heavy atom. The maximum absolute atomic E-state index is 13.9. The van der Waals surface area contributed by atoms with Crippen molar-refractivity contribution in [3.8, 4) is 0 Å². The number of likely N-dealkylation sites (tertiary alicyclic amines) is 1. The largest absolute Gasteiger partial charge is 0.467 e. The van der Waals surface area contributed by atoms with Crippen molar-refractivity contribution in [1.29, 1.82) is 0 Å². The standard InChI is InChI=1S/C29H29NO4/c1-33-29(32)26-20-25(34-19-11-14-22-12-5-2-6-13-22)21-30(26)28(31)27(23-15-7-3-8-16-23)24-17-9-4-10-18-24/h2-18,25-27H,19-21H2,1H3. The van der Waals surface area contributed by atoms with Crippen LogP contribution in [0.2, 0.25) is 0 Å². The van der Waals surface area contributed by atoms with Gasteiger partial charge in [-0.15, -0.1) is 0 Å². The van der Waals surface area contributed by atoms with Crippen LogP contribution >= 0.6 is 0 Å². The van der Waals surface area contributed by atoms with Gasteiger partial charge in [-0.3, -0.25) is 4.79 Å². The van der Waals surface area contributed by atoms with Crippen LogP contribution < -0.4 is 0 Å². The fourth-order valence-electron chi connectivity index (χ4n) is 4.40. The molecule has 34 heavy (non-hydrogen) atoms. The molecule has 0 N–H and O–H groups in total. The van der Waals surface area contributed by atoms with Gasteiger partial charge in [0.2, 0.25) is 5.91 Å². The van der Waals surface area contributed by atoms with E-state index in [0.717, 1.165) is 16.7 Å². The Morgan fingerprint density at radius 1 is 0.912 bits per heavy atom. The number of rotatable bonds is 8. The van der Waals surface area contributed by atoms with Gasteiger partial charge in [0.05, 0.1) is 25.7 Å². The third kappa shape index (κ3) is 5.61. The second kappa shape index (κ2) is 11.4. The van der Waals surface area contributed by atoms with E-state index in [1.165, 1.54) is 7.11 Å². The van der Waals surface area contributed by atoms with E-state index >= 15 is 0 Å². The molecule has 1 aliphatic heterocycles. The summed E-state index contributed by atoms with van der Waals surface area (Å²) in [6, 6.07) is 28.6. The molecule has 0 saturated carbocycles. The number of nitrogens with zero attached hydrogens (tertiary/aromatic N) is 1. The normalized spacial score (nSPS) is 17.9. The summed E-state index contributed by atoms with van der Waals surface area (Å²) in [6.45, 7) is 0.740. The van der Waals surface area contributed by atoms with Crippen molar-refractivity contribution in [2.75, 3.05) is 20.3 Å². The van der Waals surface area contributed by atoms with Crippen LogP contribution in [0.25, 0.3) is 6.08 Å². The van der Waals surface area contributed by atoms with E-state index in [1.807, 2.05) is 103 Å². The Bertz CT molecular complexity index is 1060. The molecule has 0 spiro atoms. The van der Waals surface area contributed by atoms with Gasteiger partial charge in [0.15, 0.2) is 0 Å². The molecule has 0 bridgehead atoms. The van der Waals surface area contributed by atoms with Gasteiger partial charge < -0.3 is 14.4 Å². The molecule has 5 nitrogen and oxygen atoms in total. The number of benzene rings is 3. The Balaban J connectivity index is 1.52. The molecule has 1 fully saturated rings. The van der Waals surface area contributed by atoms with Gasteiger partial charge >= 0.3 is 5.97 Å². The van der Waals surface area contributed by atoms with Crippen molar-refractivity contribution < 1.29 is 19.1 Å². The maximum Gasteiger partial charge on any atom is 0.328 e. The summed E-state index contributed by atoms with van der Waals surface area (Å²) in [7, 11) is 1.35. The van der Waals surface area contributed by atoms with Gasteiger partial charge in [0, 0.05) is 13.0 Å². The van der Waals surface area contributed by atoms with Crippen LogP contribution in [0.3, 0.4) is 0 Å². The van der Waals surface area contributed by atoms with Gasteiger partial charge in [0.1, 0.15) is 6.04 Å². The van der Waals surface area contributed by atoms with Crippen molar-refractivity contribution in [2.24, 2.45) is 0 Å². The molecule has 0 aromatic heterocycles. The SMILES string of the molecule is COC(=O)C1CC(OCC=Cc2ccccc2)CN1C(=O)C(c1ccccc1)c1ccccc1. The zero-order valence-corrected chi connectivity index (χ0v) is 19.2. The lowest BCUT2D eigenvalue weighted by Gasteiger charge is -2.28. The molecule has 5 heteroatoms. The van der Waals surface area contributed by atoms with Crippen molar-refractivity contribution >= 4 is 18.0 Å². The minimum atomic E-state index is -0.671. The molecule has 2 atom stereocenters. The number of hydrogen-bond acceptors (Lipinski definition) is 4. The highest BCUT2D eigenvalue weighted by Gasteiger charge is 2.43. The Hall–Kier alpha value is -3.70. The highest BCUT2D eigenvalue weighted by Crippen LogP contribution is 2.31. The zero-order valence-electron chi connectivity index (χ0n) is 19.2. The molecule has 3 aromatic rings. The highest BCUT2D eigenvalue weighted by molar-refractivity contribution is 5.91. The van der Waals surface area contributed by atoms with Crippen LogP contribution in [0.5, 0.6) is 0 Å². The minimum absolute atomic E-state index is 0.126. The summed E-state index contributed by atoms with van der Waals surface area (Å²) in [5.41, 5.74) is 2.87. The minimum Gasteiger partial charge on any atom is -0.467 e. The lowest BCUT2D eigenvalue weighted by molar-refractivity contribution is -0.151. The molecule has 174 valence electrons. The summed E-state index contributed by atoms with van der Waals surface area (Å²) in [5.74, 6) is -1.05. The molecule has 0 aliphatic carbocycles. The molecule has 4 rings (SSSR count). The van der Waals surface area contributed by atoms with Crippen LogP contribution in [0.15, 0.2) is 97.1 Å². The van der Waals surface area contributed by atoms with E-state index in [9.17, 15) is 9.59 Å². The first-order valence-electron chi connectivity index (χ1n) is 11.5. The number of esters is 1. The van der Waals surface area contributed by atoms with E-state index in [-0.39, 0.29) is 12.0 Å². The van der Waals surface area contributed by atoms with Crippen molar-refractivity contribution in [3.05, 3.63) is 114 Å². The monoisotopic (exact) mass is 455 g/mol. The quantitative estimate of drug-likeness (QED) is 0.463. The van der Waals surface area contributed by atoms with E-state index in [4.69, 9.17) is 9.47 Å². The topological polar surface area (TPSA) is 55.8 Å². The fraction of sp³-hybridized carbons (Fsp3) is 0.241. The molecule has 1 saturated heterocycles. The average molecular weight is 456 g/mol. The Labute approximate surface area is 200 Å². The summed E-state index contributed by atoms with van der Waals surface area (Å²) in [6.07, 6.45) is 4.11. The maximum atomic E-state index is 13.9. The fourth-order valence-corrected chi connectivity index (χ4v) is 4.40. The van der Waals surface area contributed by atoms with Crippen LogP contribution in [-0.2, 0) is 19.1 Å². The van der Waals surface area contributed by atoms with E-state index < -0.39 is 17.9 Å². The predicted octanol–water partition coefficient (Wildman–Crippen LogP) is 4.69. The van der Waals surface area contributed by atoms with E-state index in [0.29, 0.717) is 19.6 Å². The zero-order chi connectivity index (χ0) is 23.8. The van der Waals surface area contributed by atoms with Crippen molar-refractivity contribution in [3.63, 3.8) is 0 Å². The second-order valence-electron chi connectivity index (χ2n) is 8.29. The molecule has 1 amide bonds. The summed E-state index contributed by atoms with van der Waals surface area (Å²) >= 11 is 0. The van der Waals surface area contributed by atoms with E-state index in [2.05, 4.69) is 0 Å². The van der Waals surface area contributed by atoms with Gasteiger partial charge in [0.25, 0.3) is 0 Å². The number of ether oxygens (including phenoxy) is 2. The molecule has 1 heterocycles. The van der Waals surface area contributed by atoms with Gasteiger partial charge in [-0.25, -0.2) is 4.79 Å². The number of carbonyl (C=O) groups excluding carboxylic acids is 2. The summed E-state index contributed by atoms with van der Waals surface area (Å²) in [4.78, 5) is 28.1. The third-order valence-corrected chi connectivity index (χ3v) is 6.07. The number of hydrogen-bond donors (Lipinski definition) is 0. The van der Waals surface area contributed by atoms with Gasteiger partial charge in [-0.05, 0) is 16.7 Å². The molecule has 2 unspecified atom stereocenters. The predicted molar refractivity (Wildman–Crippen MR) is 132 cm³/mol. The van der Waals surface area contributed by atoms with Gasteiger partial charge in [-0.2, -0.15) is 0 Å². The first kappa shape index (κ1) is 23.5. The van der Waals surface area contributed by atoms with Crippen LogP contribution in [-0.4, -0.2) is 49.2 Å². The smallest absolute Gasteiger partial charge is 0.328 e. The lowest BCUT2D eigenvalue weighted by atomic mass is 9.90. The van der Waals surface area contributed by atoms with Crippen LogP contribution in [0.4, 0.5) is 0 Å². The average Bonchev–Trinajstić information content (AvgIpc) is 3.32. The summed E-state index contributed by atoms with van der Waals surface area (Å²) in [5, 5.41) is 0. The first-order chi connectivity index (χ1) is 16.7. The van der Waals surface area contributed by atoms with E-state index in [1.54, 1.807) is 4.90 Å².